The molecule has 0 bridgehead atoms. The van der Waals surface area contributed by atoms with Crippen molar-refractivity contribution in [1.82, 2.24) is 15.0 Å². The monoisotopic (exact) mass is 292 g/mol. The predicted octanol–water partition coefficient (Wildman–Crippen LogP) is 3.56. The number of hydrogen-bond acceptors (Lipinski definition) is 3. The van der Waals surface area contributed by atoms with E-state index in [2.05, 4.69) is 10.3 Å². The van der Waals surface area contributed by atoms with Crippen LogP contribution in [0, 0.1) is 31.0 Å². The van der Waals surface area contributed by atoms with E-state index in [1.165, 1.54) is 10.7 Å². The average molecular weight is 292 g/mol. The highest BCUT2D eigenvalue weighted by Crippen LogP contribution is 2.27. The first kappa shape index (κ1) is 14.0. The lowest BCUT2D eigenvalue weighted by Gasteiger charge is -2.09. The molecule has 108 valence electrons. The molecule has 0 N–H and O–H groups in total. The fraction of sp³-hybridized carbons (Fsp3) is 0.118. The highest BCUT2D eigenvalue weighted by molar-refractivity contribution is 5.68. The minimum absolute atomic E-state index is 0.173. The van der Waals surface area contributed by atoms with Crippen molar-refractivity contribution in [1.29, 1.82) is 5.26 Å². The van der Waals surface area contributed by atoms with E-state index in [1.807, 2.05) is 38.1 Å². The van der Waals surface area contributed by atoms with Crippen LogP contribution >= 0.6 is 0 Å². The van der Waals surface area contributed by atoms with E-state index in [0.29, 0.717) is 5.69 Å². The Hall–Kier alpha value is -3.00. The van der Waals surface area contributed by atoms with Gasteiger partial charge in [-0.1, -0.05) is 29.5 Å². The number of hydrogen-bond donors (Lipinski definition) is 0. The maximum atomic E-state index is 14.1. The van der Waals surface area contributed by atoms with Crippen LogP contribution in [0.5, 0.6) is 0 Å². The highest BCUT2D eigenvalue weighted by Gasteiger charge is 2.18. The van der Waals surface area contributed by atoms with Gasteiger partial charge in [0.1, 0.15) is 23.3 Å². The first-order valence-corrected chi connectivity index (χ1v) is 6.80. The SMILES string of the molecule is Cc1ccc(-c2c(C#N)nnn2-c2ccccc2F)cc1C. The summed E-state index contributed by atoms with van der Waals surface area (Å²) in [5.41, 5.74) is 3.95. The van der Waals surface area contributed by atoms with Crippen LogP contribution in [0.25, 0.3) is 16.9 Å². The number of aryl methyl sites for hydroxylation is 2. The Balaban J connectivity index is 2.27. The van der Waals surface area contributed by atoms with Gasteiger partial charge in [0.25, 0.3) is 0 Å². The van der Waals surface area contributed by atoms with Crippen LogP contribution in [-0.4, -0.2) is 15.0 Å². The predicted molar refractivity (Wildman–Crippen MR) is 80.9 cm³/mol. The highest BCUT2D eigenvalue weighted by atomic mass is 19.1. The second-order valence-corrected chi connectivity index (χ2v) is 5.06. The first-order chi connectivity index (χ1) is 10.6. The van der Waals surface area contributed by atoms with E-state index in [1.54, 1.807) is 18.2 Å². The van der Waals surface area contributed by atoms with Gasteiger partial charge in [0, 0.05) is 5.56 Å². The molecular weight excluding hydrogens is 279 g/mol. The van der Waals surface area contributed by atoms with E-state index in [-0.39, 0.29) is 11.4 Å². The summed E-state index contributed by atoms with van der Waals surface area (Å²) in [4.78, 5) is 0. The Morgan fingerprint density at radius 2 is 1.86 bits per heavy atom. The van der Waals surface area contributed by atoms with Crippen LogP contribution < -0.4 is 0 Å². The average Bonchev–Trinajstić information content (AvgIpc) is 2.94. The number of nitriles is 1. The first-order valence-electron chi connectivity index (χ1n) is 6.80. The molecule has 1 heterocycles. The molecule has 3 rings (SSSR count). The summed E-state index contributed by atoms with van der Waals surface area (Å²) in [6.45, 7) is 4.00. The molecule has 0 aliphatic heterocycles. The van der Waals surface area contributed by atoms with Crippen molar-refractivity contribution in [3.63, 3.8) is 0 Å². The number of aromatic nitrogens is 3. The molecule has 5 heteroatoms. The molecule has 0 saturated heterocycles. The normalized spacial score (nSPS) is 10.5. The summed E-state index contributed by atoms with van der Waals surface area (Å²) in [7, 11) is 0. The maximum Gasteiger partial charge on any atom is 0.191 e. The minimum atomic E-state index is -0.415. The van der Waals surface area contributed by atoms with E-state index in [9.17, 15) is 9.65 Å². The Kier molecular flexibility index (Phi) is 3.43. The molecule has 0 atom stereocenters. The third-order valence-electron chi connectivity index (χ3n) is 3.64. The van der Waals surface area contributed by atoms with Crippen molar-refractivity contribution >= 4 is 0 Å². The van der Waals surface area contributed by atoms with Crippen LogP contribution in [0.1, 0.15) is 16.8 Å². The summed E-state index contributed by atoms with van der Waals surface area (Å²) in [6.07, 6.45) is 0. The van der Waals surface area contributed by atoms with Crippen LogP contribution in [-0.2, 0) is 0 Å². The van der Waals surface area contributed by atoms with Gasteiger partial charge in [-0.2, -0.15) is 5.26 Å². The van der Waals surface area contributed by atoms with Crippen molar-refractivity contribution in [2.75, 3.05) is 0 Å². The Morgan fingerprint density at radius 3 is 2.55 bits per heavy atom. The lowest BCUT2D eigenvalue weighted by atomic mass is 10.0. The Morgan fingerprint density at radius 1 is 1.09 bits per heavy atom. The van der Waals surface area contributed by atoms with Gasteiger partial charge in [0.2, 0.25) is 0 Å². The summed E-state index contributed by atoms with van der Waals surface area (Å²) >= 11 is 0. The summed E-state index contributed by atoms with van der Waals surface area (Å²) in [5.74, 6) is -0.415. The molecule has 4 nitrogen and oxygen atoms in total. The van der Waals surface area contributed by atoms with Crippen molar-refractivity contribution < 1.29 is 4.39 Å². The second-order valence-electron chi connectivity index (χ2n) is 5.06. The Labute approximate surface area is 127 Å². The third-order valence-corrected chi connectivity index (χ3v) is 3.64. The molecular formula is C17H13FN4. The molecule has 1 aromatic heterocycles. The fourth-order valence-electron chi connectivity index (χ4n) is 2.30. The molecule has 0 radical (unpaired) electrons. The lowest BCUT2D eigenvalue weighted by molar-refractivity contribution is 0.608. The van der Waals surface area contributed by atoms with Crippen LogP contribution in [0.15, 0.2) is 42.5 Å². The van der Waals surface area contributed by atoms with Gasteiger partial charge >= 0.3 is 0 Å². The number of nitrogens with zero attached hydrogens (tertiary/aromatic N) is 4. The van der Waals surface area contributed by atoms with Crippen molar-refractivity contribution in [2.24, 2.45) is 0 Å². The molecule has 0 spiro atoms. The number of para-hydroxylation sites is 1. The molecule has 0 unspecified atom stereocenters. The van der Waals surface area contributed by atoms with E-state index in [0.717, 1.165) is 16.7 Å². The van der Waals surface area contributed by atoms with Gasteiger partial charge in [-0.3, -0.25) is 0 Å². The van der Waals surface area contributed by atoms with Crippen LogP contribution in [0.3, 0.4) is 0 Å². The molecule has 0 fully saturated rings. The summed E-state index contributed by atoms with van der Waals surface area (Å²) in [5, 5.41) is 17.1. The zero-order valence-corrected chi connectivity index (χ0v) is 12.2. The quantitative estimate of drug-likeness (QED) is 0.725. The van der Waals surface area contributed by atoms with E-state index in [4.69, 9.17) is 0 Å². The van der Waals surface area contributed by atoms with E-state index < -0.39 is 5.82 Å². The smallest absolute Gasteiger partial charge is 0.191 e. The fourth-order valence-corrected chi connectivity index (χ4v) is 2.30. The molecule has 22 heavy (non-hydrogen) atoms. The lowest BCUT2D eigenvalue weighted by Crippen LogP contribution is -2.02. The summed E-state index contributed by atoms with van der Waals surface area (Å²) in [6, 6.07) is 14.1. The van der Waals surface area contributed by atoms with Gasteiger partial charge in [0.15, 0.2) is 5.69 Å². The molecule has 3 aromatic rings. The standard InChI is InChI=1S/C17H13FN4/c1-11-7-8-13(9-12(11)2)17-15(10-19)20-21-22(17)16-6-4-3-5-14(16)18/h3-9H,1-2H3. The van der Waals surface area contributed by atoms with Crippen molar-refractivity contribution in [2.45, 2.75) is 13.8 Å². The van der Waals surface area contributed by atoms with E-state index >= 15 is 0 Å². The summed E-state index contributed by atoms with van der Waals surface area (Å²) < 4.78 is 15.4. The third kappa shape index (κ3) is 2.25. The van der Waals surface area contributed by atoms with Crippen molar-refractivity contribution in [3.05, 3.63) is 65.1 Å². The zero-order valence-electron chi connectivity index (χ0n) is 12.2. The minimum Gasteiger partial charge on any atom is -0.208 e. The molecule has 0 aliphatic rings. The van der Waals surface area contributed by atoms with Crippen molar-refractivity contribution in [3.8, 4) is 23.0 Å². The zero-order chi connectivity index (χ0) is 15.7. The van der Waals surface area contributed by atoms with Gasteiger partial charge in [-0.25, -0.2) is 9.07 Å². The topological polar surface area (TPSA) is 54.5 Å². The molecule has 2 aromatic carbocycles. The number of rotatable bonds is 2. The van der Waals surface area contributed by atoms with Gasteiger partial charge < -0.3 is 0 Å². The number of benzene rings is 2. The molecule has 0 aliphatic carbocycles. The van der Waals surface area contributed by atoms with Crippen LogP contribution in [0.4, 0.5) is 4.39 Å². The maximum absolute atomic E-state index is 14.1. The van der Waals surface area contributed by atoms with Gasteiger partial charge in [-0.05, 0) is 43.2 Å². The molecule has 0 saturated carbocycles. The van der Waals surface area contributed by atoms with Crippen LogP contribution in [0.2, 0.25) is 0 Å². The van der Waals surface area contributed by atoms with Gasteiger partial charge in [0.05, 0.1) is 0 Å². The number of halogens is 1. The largest absolute Gasteiger partial charge is 0.208 e. The molecule has 0 amide bonds. The van der Waals surface area contributed by atoms with Gasteiger partial charge in [-0.15, -0.1) is 5.10 Å². The second kappa shape index (κ2) is 5.41. The Bertz CT molecular complexity index is 890.